The molecule has 4 nitrogen and oxygen atoms in total. The van der Waals surface area contributed by atoms with Crippen LogP contribution < -0.4 is 10.2 Å². The SMILES string of the molecule is CNC1CCN(C2CCN(c3ccc(-c4ccco4)cc3)CC2)CC1.Cl.Cl. The zero-order valence-electron chi connectivity index (χ0n) is 16.0. The first kappa shape index (κ1) is 22.1. The normalized spacial score (nSPS) is 19.4. The van der Waals surface area contributed by atoms with E-state index < -0.39 is 0 Å². The molecule has 1 N–H and O–H groups in total. The number of anilines is 1. The summed E-state index contributed by atoms with van der Waals surface area (Å²) >= 11 is 0. The van der Waals surface area contributed by atoms with Gasteiger partial charge in [0, 0.05) is 36.4 Å². The van der Waals surface area contributed by atoms with Gasteiger partial charge in [0.25, 0.3) is 0 Å². The lowest BCUT2D eigenvalue weighted by atomic mass is 9.97. The molecule has 150 valence electrons. The minimum absolute atomic E-state index is 0. The first-order chi connectivity index (χ1) is 12.3. The van der Waals surface area contributed by atoms with Crippen molar-refractivity contribution < 1.29 is 4.42 Å². The smallest absolute Gasteiger partial charge is 0.133 e. The molecule has 27 heavy (non-hydrogen) atoms. The first-order valence-corrected chi connectivity index (χ1v) is 9.63. The minimum Gasteiger partial charge on any atom is -0.464 e. The Kier molecular flexibility index (Phi) is 8.49. The van der Waals surface area contributed by atoms with Gasteiger partial charge < -0.3 is 19.5 Å². The summed E-state index contributed by atoms with van der Waals surface area (Å²) in [5.74, 6) is 0.940. The Balaban J connectivity index is 0.00000131. The van der Waals surface area contributed by atoms with Crippen molar-refractivity contribution in [2.75, 3.05) is 38.1 Å². The second kappa shape index (κ2) is 10.4. The van der Waals surface area contributed by atoms with Crippen molar-refractivity contribution in [3.8, 4) is 11.3 Å². The second-order valence-corrected chi connectivity index (χ2v) is 7.34. The average Bonchev–Trinajstić information content (AvgIpc) is 3.23. The maximum absolute atomic E-state index is 5.48. The van der Waals surface area contributed by atoms with Crippen LogP contribution in [0.1, 0.15) is 25.7 Å². The molecule has 2 aliphatic rings. The van der Waals surface area contributed by atoms with Gasteiger partial charge in [-0.2, -0.15) is 0 Å². The zero-order valence-corrected chi connectivity index (χ0v) is 17.6. The molecule has 2 aliphatic heterocycles. The van der Waals surface area contributed by atoms with Crippen LogP contribution in [-0.2, 0) is 0 Å². The van der Waals surface area contributed by atoms with E-state index in [9.17, 15) is 0 Å². The predicted octanol–water partition coefficient (Wildman–Crippen LogP) is 4.44. The number of hydrogen-bond donors (Lipinski definition) is 1. The molecule has 6 heteroatoms. The summed E-state index contributed by atoms with van der Waals surface area (Å²) in [6.45, 7) is 4.84. The quantitative estimate of drug-likeness (QED) is 0.805. The largest absolute Gasteiger partial charge is 0.464 e. The molecule has 1 aromatic carbocycles. The van der Waals surface area contributed by atoms with E-state index in [2.05, 4.69) is 46.4 Å². The Morgan fingerprint density at radius 3 is 2.11 bits per heavy atom. The van der Waals surface area contributed by atoms with E-state index in [1.807, 2.05) is 12.1 Å². The number of likely N-dealkylation sites (tertiary alicyclic amines) is 1. The summed E-state index contributed by atoms with van der Waals surface area (Å²) in [6, 6.07) is 14.3. The second-order valence-electron chi connectivity index (χ2n) is 7.34. The molecule has 2 fully saturated rings. The third-order valence-corrected chi connectivity index (χ3v) is 5.96. The number of benzene rings is 1. The maximum Gasteiger partial charge on any atom is 0.133 e. The lowest BCUT2D eigenvalue weighted by molar-refractivity contribution is 0.126. The molecule has 1 aromatic heterocycles. The van der Waals surface area contributed by atoms with Crippen LogP contribution in [0.25, 0.3) is 11.3 Å². The number of nitrogens with zero attached hydrogens (tertiary/aromatic N) is 2. The number of furan rings is 1. The summed E-state index contributed by atoms with van der Waals surface area (Å²) < 4.78 is 5.48. The Labute approximate surface area is 175 Å². The number of piperidine rings is 2. The van der Waals surface area contributed by atoms with Crippen molar-refractivity contribution in [2.45, 2.75) is 37.8 Å². The fourth-order valence-corrected chi connectivity index (χ4v) is 4.32. The highest BCUT2D eigenvalue weighted by molar-refractivity contribution is 5.85. The van der Waals surface area contributed by atoms with Gasteiger partial charge in [-0.15, -0.1) is 24.8 Å². The van der Waals surface area contributed by atoms with Crippen LogP contribution in [-0.4, -0.2) is 50.2 Å². The molecule has 0 amide bonds. The summed E-state index contributed by atoms with van der Waals surface area (Å²) in [5.41, 5.74) is 2.48. The third kappa shape index (κ3) is 5.20. The Morgan fingerprint density at radius 2 is 1.56 bits per heavy atom. The molecule has 3 heterocycles. The van der Waals surface area contributed by atoms with Crippen LogP contribution >= 0.6 is 24.8 Å². The van der Waals surface area contributed by atoms with Gasteiger partial charge >= 0.3 is 0 Å². The van der Waals surface area contributed by atoms with Gasteiger partial charge in [-0.1, -0.05) is 0 Å². The number of nitrogens with one attached hydrogen (secondary N) is 1. The van der Waals surface area contributed by atoms with E-state index >= 15 is 0 Å². The molecule has 2 aromatic rings. The van der Waals surface area contributed by atoms with E-state index in [-0.39, 0.29) is 24.8 Å². The molecule has 0 spiro atoms. The molecule has 4 rings (SSSR count). The monoisotopic (exact) mass is 411 g/mol. The van der Waals surface area contributed by atoms with Crippen molar-refractivity contribution in [1.29, 1.82) is 0 Å². The lowest BCUT2D eigenvalue weighted by Crippen LogP contribution is -2.50. The topological polar surface area (TPSA) is 31.6 Å². The first-order valence-electron chi connectivity index (χ1n) is 9.63. The van der Waals surface area contributed by atoms with Crippen molar-refractivity contribution in [3.63, 3.8) is 0 Å². The summed E-state index contributed by atoms with van der Waals surface area (Å²) in [4.78, 5) is 5.26. The van der Waals surface area contributed by atoms with Gasteiger partial charge in [0.1, 0.15) is 5.76 Å². The molecular weight excluding hydrogens is 381 g/mol. The van der Waals surface area contributed by atoms with Gasteiger partial charge in [0.15, 0.2) is 0 Å². The van der Waals surface area contributed by atoms with E-state index in [0.29, 0.717) is 0 Å². The molecule has 0 aliphatic carbocycles. The molecular formula is C21H31Cl2N3O. The number of hydrogen-bond acceptors (Lipinski definition) is 4. The van der Waals surface area contributed by atoms with Gasteiger partial charge in [-0.05, 0) is 82.2 Å². The summed E-state index contributed by atoms with van der Waals surface area (Å²) in [7, 11) is 2.09. The fraction of sp³-hybridized carbons (Fsp3) is 0.524. The summed E-state index contributed by atoms with van der Waals surface area (Å²) in [6.07, 6.45) is 6.89. The van der Waals surface area contributed by atoms with Gasteiger partial charge in [-0.25, -0.2) is 0 Å². The van der Waals surface area contributed by atoms with Crippen molar-refractivity contribution in [1.82, 2.24) is 10.2 Å². The Morgan fingerprint density at radius 1 is 0.889 bits per heavy atom. The Bertz CT molecular complexity index is 647. The molecule has 0 radical (unpaired) electrons. The third-order valence-electron chi connectivity index (χ3n) is 5.96. The standard InChI is InChI=1S/C21H29N3O.2ClH/c1-22-18-8-12-23(13-9-18)20-10-14-24(15-11-20)19-6-4-17(5-7-19)21-3-2-16-25-21;;/h2-7,16,18,20,22H,8-15H2,1H3;2*1H. The van der Waals surface area contributed by atoms with E-state index in [1.54, 1.807) is 6.26 Å². The van der Waals surface area contributed by atoms with Gasteiger partial charge in [0.05, 0.1) is 6.26 Å². The molecule has 2 saturated heterocycles. The fourth-order valence-electron chi connectivity index (χ4n) is 4.32. The van der Waals surface area contributed by atoms with Crippen LogP contribution in [0.2, 0.25) is 0 Å². The summed E-state index contributed by atoms with van der Waals surface area (Å²) in [5, 5.41) is 3.43. The zero-order chi connectivity index (χ0) is 17.1. The predicted molar refractivity (Wildman–Crippen MR) is 118 cm³/mol. The van der Waals surface area contributed by atoms with Crippen molar-refractivity contribution >= 4 is 30.5 Å². The van der Waals surface area contributed by atoms with E-state index in [1.165, 1.54) is 44.5 Å². The van der Waals surface area contributed by atoms with Crippen molar-refractivity contribution in [2.24, 2.45) is 0 Å². The molecule has 0 atom stereocenters. The van der Waals surface area contributed by atoms with Crippen LogP contribution in [0.5, 0.6) is 0 Å². The van der Waals surface area contributed by atoms with Crippen LogP contribution in [0.15, 0.2) is 47.1 Å². The number of rotatable bonds is 4. The maximum atomic E-state index is 5.48. The van der Waals surface area contributed by atoms with Gasteiger partial charge in [0.2, 0.25) is 0 Å². The van der Waals surface area contributed by atoms with Gasteiger partial charge in [-0.3, -0.25) is 0 Å². The highest BCUT2D eigenvalue weighted by Crippen LogP contribution is 2.27. The van der Waals surface area contributed by atoms with Crippen LogP contribution in [0.3, 0.4) is 0 Å². The minimum atomic E-state index is 0. The molecule has 0 bridgehead atoms. The lowest BCUT2D eigenvalue weighted by Gasteiger charge is -2.42. The van der Waals surface area contributed by atoms with Crippen LogP contribution in [0, 0.1) is 0 Å². The highest BCUT2D eigenvalue weighted by atomic mass is 35.5. The van der Waals surface area contributed by atoms with Crippen molar-refractivity contribution in [3.05, 3.63) is 42.7 Å². The van der Waals surface area contributed by atoms with E-state index in [0.717, 1.165) is 36.5 Å². The molecule has 0 unspecified atom stereocenters. The van der Waals surface area contributed by atoms with Crippen LogP contribution in [0.4, 0.5) is 5.69 Å². The molecule has 0 saturated carbocycles. The number of halogens is 2. The Hall–Kier alpha value is -1.20. The van der Waals surface area contributed by atoms with E-state index in [4.69, 9.17) is 4.42 Å². The highest BCUT2D eigenvalue weighted by Gasteiger charge is 2.27. The average molecular weight is 412 g/mol.